The average molecular weight is 725 g/mol. The normalized spacial score (nSPS) is 19.6. The van der Waals surface area contributed by atoms with Gasteiger partial charge in [0, 0.05) is 36.8 Å². The van der Waals surface area contributed by atoms with Gasteiger partial charge in [0.2, 0.25) is 0 Å². The molecule has 258 valence electrons. The highest BCUT2D eigenvalue weighted by molar-refractivity contribution is 7.13. The Labute approximate surface area is 300 Å². The van der Waals surface area contributed by atoms with Gasteiger partial charge >= 0.3 is 11.9 Å². The zero-order valence-electron chi connectivity index (χ0n) is 27.4. The predicted octanol–water partition coefficient (Wildman–Crippen LogP) is 7.12. The minimum atomic E-state index is -0.731. The summed E-state index contributed by atoms with van der Waals surface area (Å²) in [5, 5.41) is 4.17. The van der Waals surface area contributed by atoms with Gasteiger partial charge in [0.15, 0.2) is 11.5 Å². The van der Waals surface area contributed by atoms with Crippen LogP contribution in [-0.4, -0.2) is 68.3 Å². The number of hydrogen-bond donors (Lipinski definition) is 1. The van der Waals surface area contributed by atoms with E-state index in [1.54, 1.807) is 32.4 Å². The molecule has 9 nitrogen and oxygen atoms in total. The van der Waals surface area contributed by atoms with Gasteiger partial charge in [-0.05, 0) is 79.2 Å². The molecule has 0 aliphatic carbocycles. The predicted molar refractivity (Wildman–Crippen MR) is 190 cm³/mol. The van der Waals surface area contributed by atoms with Gasteiger partial charge in [-0.15, -0.1) is 11.3 Å². The van der Waals surface area contributed by atoms with Crippen LogP contribution in [0.1, 0.15) is 56.2 Å². The van der Waals surface area contributed by atoms with Crippen molar-refractivity contribution >= 4 is 46.5 Å². The fourth-order valence-electron chi connectivity index (χ4n) is 6.49. The number of methoxy groups -OCH3 is 2. The lowest BCUT2D eigenvalue weighted by Gasteiger charge is -2.44. The number of piperidine rings is 3. The highest BCUT2D eigenvalue weighted by atomic mass is 35.5. The van der Waals surface area contributed by atoms with Crippen molar-refractivity contribution in [1.82, 2.24) is 15.2 Å². The van der Waals surface area contributed by atoms with Crippen molar-refractivity contribution in [2.24, 2.45) is 5.92 Å². The van der Waals surface area contributed by atoms with Crippen LogP contribution >= 0.6 is 34.5 Å². The van der Waals surface area contributed by atoms with E-state index in [1.807, 2.05) is 42.5 Å². The zero-order chi connectivity index (χ0) is 34.3. The lowest BCUT2D eigenvalue weighted by Crippen LogP contribution is -2.52. The highest BCUT2D eigenvalue weighted by Crippen LogP contribution is 2.36. The molecule has 2 aromatic carbocycles. The average Bonchev–Trinajstić information content (AvgIpc) is 3.61. The Bertz CT molecular complexity index is 1730. The molecule has 12 heteroatoms. The van der Waals surface area contributed by atoms with Crippen molar-refractivity contribution in [1.29, 1.82) is 0 Å². The van der Waals surface area contributed by atoms with Crippen LogP contribution in [0.25, 0.3) is 0 Å². The first kappa shape index (κ1) is 35.2. The monoisotopic (exact) mass is 723 g/mol. The Morgan fingerprint density at radius 2 is 1.69 bits per heavy atom. The standard InChI is InChI=1S/C37H39Cl2N3O6S/c1-45-30-10-8-25(18-32(30)46-2)31(19-27-28(38)20-40-21-29(27)39)47-36(43)34-11-9-26(49-34)12-15-41-35(24-6-4-3-5-7-24)37(44)48-33-22-42-16-13-23(33)14-17-42/h3-11,18,20-21,23,31,33,35,41H,12-17,19,22H2,1-2H3/t31-,33-,35?/m0/s1. The van der Waals surface area contributed by atoms with Gasteiger partial charge in [-0.2, -0.15) is 0 Å². The van der Waals surface area contributed by atoms with Crippen LogP contribution < -0.4 is 14.8 Å². The summed E-state index contributed by atoms with van der Waals surface area (Å²) in [6, 6.07) is 18.1. The summed E-state index contributed by atoms with van der Waals surface area (Å²) in [6.45, 7) is 3.48. The summed E-state index contributed by atoms with van der Waals surface area (Å²) in [6.07, 6.45) is 5.20. The molecule has 1 N–H and O–H groups in total. The Balaban J connectivity index is 1.12. The van der Waals surface area contributed by atoms with Crippen molar-refractivity contribution in [3.63, 3.8) is 0 Å². The van der Waals surface area contributed by atoms with Crippen LogP contribution in [0.4, 0.5) is 0 Å². The largest absolute Gasteiger partial charge is 0.493 e. The maximum Gasteiger partial charge on any atom is 0.348 e. The number of halogens is 2. The molecule has 2 aromatic heterocycles. The van der Waals surface area contributed by atoms with Crippen molar-refractivity contribution < 1.29 is 28.5 Å². The van der Waals surface area contributed by atoms with Crippen LogP contribution in [0.3, 0.4) is 0 Å². The van der Waals surface area contributed by atoms with E-state index in [1.165, 1.54) is 23.7 Å². The molecular formula is C37H39Cl2N3O6S. The number of benzene rings is 2. The second-order valence-electron chi connectivity index (χ2n) is 12.2. The minimum absolute atomic E-state index is 0.0673. The van der Waals surface area contributed by atoms with Crippen molar-refractivity contribution in [3.05, 3.63) is 110 Å². The van der Waals surface area contributed by atoms with Gasteiger partial charge in [-0.1, -0.05) is 59.6 Å². The summed E-state index contributed by atoms with van der Waals surface area (Å²) in [4.78, 5) is 34.9. The van der Waals surface area contributed by atoms with E-state index < -0.39 is 18.1 Å². The number of carbonyl (C=O) groups is 2. The molecule has 4 aromatic rings. The molecule has 3 saturated heterocycles. The molecule has 0 amide bonds. The number of carbonyl (C=O) groups excluding carboxylic acids is 2. The summed E-state index contributed by atoms with van der Waals surface area (Å²) >= 11 is 14.3. The smallest absolute Gasteiger partial charge is 0.348 e. The Morgan fingerprint density at radius 3 is 2.37 bits per heavy atom. The van der Waals surface area contributed by atoms with Gasteiger partial charge in [0.05, 0.1) is 24.3 Å². The first-order valence-corrected chi connectivity index (χ1v) is 17.9. The number of pyridine rings is 1. The number of nitrogens with one attached hydrogen (secondary N) is 1. The lowest BCUT2D eigenvalue weighted by atomic mass is 9.86. The van der Waals surface area contributed by atoms with Crippen molar-refractivity contribution in [2.45, 2.75) is 43.9 Å². The minimum Gasteiger partial charge on any atom is -0.493 e. The zero-order valence-corrected chi connectivity index (χ0v) is 29.7. The van der Waals surface area contributed by atoms with Gasteiger partial charge in [-0.3, -0.25) is 9.88 Å². The molecule has 3 aliphatic rings. The number of aromatic nitrogens is 1. The number of rotatable bonds is 14. The number of esters is 2. The van der Waals surface area contributed by atoms with Crippen LogP contribution in [0.5, 0.6) is 11.5 Å². The molecule has 3 aliphatic heterocycles. The van der Waals surface area contributed by atoms with E-state index in [9.17, 15) is 9.59 Å². The van der Waals surface area contributed by atoms with Crippen molar-refractivity contribution in [3.8, 4) is 11.5 Å². The van der Waals surface area contributed by atoms with Gasteiger partial charge in [0.1, 0.15) is 23.1 Å². The van der Waals surface area contributed by atoms with Crippen LogP contribution in [-0.2, 0) is 27.1 Å². The number of nitrogens with zero attached hydrogens (tertiary/aromatic N) is 2. The van der Waals surface area contributed by atoms with E-state index in [4.69, 9.17) is 42.1 Å². The molecular weight excluding hydrogens is 685 g/mol. The maximum absolute atomic E-state index is 13.6. The summed E-state index contributed by atoms with van der Waals surface area (Å²) in [5.74, 6) is 0.749. The quantitative estimate of drug-likeness (QED) is 0.136. The molecule has 0 radical (unpaired) electrons. The van der Waals surface area contributed by atoms with E-state index in [0.717, 1.165) is 42.9 Å². The highest BCUT2D eigenvalue weighted by Gasteiger charge is 2.38. The van der Waals surface area contributed by atoms with Crippen molar-refractivity contribution in [2.75, 3.05) is 40.4 Å². The second kappa shape index (κ2) is 16.4. The SMILES string of the molecule is COc1ccc([C@H](Cc2c(Cl)cncc2Cl)OC(=O)c2ccc(CCNC(C(=O)O[C@H]3CN4CCC3CC4)c3ccccc3)s2)cc1OC. The van der Waals surface area contributed by atoms with E-state index >= 15 is 0 Å². The molecule has 7 rings (SSSR count). The number of ether oxygens (including phenoxy) is 4. The molecule has 3 fully saturated rings. The van der Waals surface area contributed by atoms with Crippen LogP contribution in [0, 0.1) is 5.92 Å². The Morgan fingerprint density at radius 1 is 0.959 bits per heavy atom. The molecule has 0 spiro atoms. The van der Waals surface area contributed by atoms with Crippen LogP contribution in [0.15, 0.2) is 73.1 Å². The number of thiophene rings is 1. The fraction of sp³-hybridized carbons (Fsp3) is 0.378. The third kappa shape index (κ3) is 8.56. The fourth-order valence-corrected chi connectivity index (χ4v) is 7.90. The molecule has 1 unspecified atom stereocenters. The summed E-state index contributed by atoms with van der Waals surface area (Å²) in [7, 11) is 3.10. The van der Waals surface area contributed by atoms with E-state index in [0.29, 0.717) is 56.4 Å². The third-order valence-electron chi connectivity index (χ3n) is 9.19. The molecule has 49 heavy (non-hydrogen) atoms. The Hall–Kier alpha value is -3.67. The lowest BCUT2D eigenvalue weighted by molar-refractivity contribution is -0.161. The van der Waals surface area contributed by atoms with Gasteiger partial charge in [0.25, 0.3) is 0 Å². The summed E-state index contributed by atoms with van der Waals surface area (Å²) in [5.41, 5.74) is 2.16. The first-order chi connectivity index (χ1) is 23.8. The first-order valence-electron chi connectivity index (χ1n) is 16.3. The molecule has 5 heterocycles. The van der Waals surface area contributed by atoms with E-state index in [-0.39, 0.29) is 18.5 Å². The van der Waals surface area contributed by atoms with E-state index in [2.05, 4.69) is 15.2 Å². The Kier molecular flexibility index (Phi) is 11.7. The topological polar surface area (TPSA) is 99.2 Å². The van der Waals surface area contributed by atoms with Crippen LogP contribution in [0.2, 0.25) is 10.0 Å². The number of fused-ring (bicyclic) bond motifs is 3. The van der Waals surface area contributed by atoms with Gasteiger partial charge < -0.3 is 24.3 Å². The number of hydrogen-bond acceptors (Lipinski definition) is 10. The third-order valence-corrected chi connectivity index (χ3v) is 11.0. The molecule has 2 bridgehead atoms. The summed E-state index contributed by atoms with van der Waals surface area (Å²) < 4.78 is 23.1. The maximum atomic E-state index is 13.6. The molecule has 3 atom stereocenters. The second-order valence-corrected chi connectivity index (χ2v) is 14.2. The molecule has 0 saturated carbocycles. The van der Waals surface area contributed by atoms with Gasteiger partial charge in [-0.25, -0.2) is 9.59 Å².